The highest BCUT2D eigenvalue weighted by Crippen LogP contribution is 2.28. The van der Waals surface area contributed by atoms with Crippen LogP contribution in [-0.2, 0) is 4.79 Å². The zero-order valence-corrected chi connectivity index (χ0v) is 14.9. The van der Waals surface area contributed by atoms with Gasteiger partial charge in [0.2, 0.25) is 5.91 Å². The van der Waals surface area contributed by atoms with Crippen molar-refractivity contribution in [1.29, 1.82) is 0 Å². The standard InChI is InChI=1S/C20H22N2O4/c1-25-17-9-8-15(11-18(17)26-2)20(24)21-12-14-10-19(23)22(13-14)16-6-4-3-5-7-16/h3-9,11,14H,10,12-13H2,1-2H3,(H,21,24). The predicted molar refractivity (Wildman–Crippen MR) is 98.8 cm³/mol. The van der Waals surface area contributed by atoms with Crippen LogP contribution in [0.2, 0.25) is 0 Å². The van der Waals surface area contributed by atoms with Gasteiger partial charge in [0.05, 0.1) is 14.2 Å². The molecule has 1 saturated heterocycles. The Hall–Kier alpha value is -3.02. The predicted octanol–water partition coefficient (Wildman–Crippen LogP) is 2.49. The van der Waals surface area contributed by atoms with Crippen LogP contribution in [0, 0.1) is 5.92 Å². The van der Waals surface area contributed by atoms with E-state index in [0.717, 1.165) is 5.69 Å². The molecule has 0 radical (unpaired) electrons. The van der Waals surface area contributed by atoms with Crippen LogP contribution in [0.4, 0.5) is 5.69 Å². The molecule has 0 bridgehead atoms. The van der Waals surface area contributed by atoms with E-state index < -0.39 is 0 Å². The number of para-hydroxylation sites is 1. The molecule has 1 unspecified atom stereocenters. The van der Waals surface area contributed by atoms with Crippen molar-refractivity contribution in [2.45, 2.75) is 6.42 Å². The van der Waals surface area contributed by atoms with Crippen molar-refractivity contribution in [3.63, 3.8) is 0 Å². The summed E-state index contributed by atoms with van der Waals surface area (Å²) in [5, 5.41) is 2.91. The molecule has 1 heterocycles. The summed E-state index contributed by atoms with van der Waals surface area (Å²) in [6.45, 7) is 1.05. The maximum atomic E-state index is 12.4. The molecule has 0 aliphatic carbocycles. The molecule has 2 amide bonds. The van der Waals surface area contributed by atoms with Crippen LogP contribution in [0.1, 0.15) is 16.8 Å². The van der Waals surface area contributed by atoms with E-state index in [9.17, 15) is 9.59 Å². The Balaban J connectivity index is 1.59. The Kier molecular flexibility index (Phi) is 5.41. The number of ether oxygens (including phenoxy) is 2. The number of carbonyl (C=O) groups excluding carboxylic acids is 2. The first kappa shape index (κ1) is 17.8. The molecule has 3 rings (SSSR count). The molecule has 1 fully saturated rings. The number of benzene rings is 2. The molecule has 26 heavy (non-hydrogen) atoms. The van der Waals surface area contributed by atoms with Crippen LogP contribution >= 0.6 is 0 Å². The summed E-state index contributed by atoms with van der Waals surface area (Å²) in [5.74, 6) is 1.06. The fourth-order valence-electron chi connectivity index (χ4n) is 3.09. The second kappa shape index (κ2) is 7.91. The number of rotatable bonds is 6. The Bertz CT molecular complexity index is 792. The molecule has 0 aromatic heterocycles. The first-order valence-corrected chi connectivity index (χ1v) is 8.48. The van der Waals surface area contributed by atoms with Gasteiger partial charge in [0.1, 0.15) is 0 Å². The largest absolute Gasteiger partial charge is 0.493 e. The summed E-state index contributed by atoms with van der Waals surface area (Å²) >= 11 is 0. The van der Waals surface area contributed by atoms with Gasteiger partial charge in [0.15, 0.2) is 11.5 Å². The monoisotopic (exact) mass is 354 g/mol. The van der Waals surface area contributed by atoms with Crippen molar-refractivity contribution in [2.24, 2.45) is 5.92 Å². The Morgan fingerprint density at radius 3 is 2.54 bits per heavy atom. The quantitative estimate of drug-likeness (QED) is 0.865. The molecule has 1 N–H and O–H groups in total. The van der Waals surface area contributed by atoms with Gasteiger partial charge in [-0.15, -0.1) is 0 Å². The lowest BCUT2D eigenvalue weighted by molar-refractivity contribution is -0.117. The van der Waals surface area contributed by atoms with Gasteiger partial charge >= 0.3 is 0 Å². The number of carbonyl (C=O) groups is 2. The smallest absolute Gasteiger partial charge is 0.251 e. The van der Waals surface area contributed by atoms with Crippen molar-refractivity contribution in [2.75, 3.05) is 32.2 Å². The van der Waals surface area contributed by atoms with Gasteiger partial charge in [-0.3, -0.25) is 9.59 Å². The molecule has 136 valence electrons. The van der Waals surface area contributed by atoms with Crippen LogP contribution in [0.25, 0.3) is 0 Å². The Morgan fingerprint density at radius 1 is 1.12 bits per heavy atom. The molecule has 1 aliphatic heterocycles. The summed E-state index contributed by atoms with van der Waals surface area (Å²) in [7, 11) is 3.08. The second-order valence-corrected chi connectivity index (χ2v) is 6.19. The van der Waals surface area contributed by atoms with Crippen molar-refractivity contribution in [1.82, 2.24) is 5.32 Å². The van der Waals surface area contributed by atoms with Gasteiger partial charge < -0.3 is 19.7 Å². The van der Waals surface area contributed by atoms with E-state index in [4.69, 9.17) is 9.47 Å². The number of amides is 2. The van der Waals surface area contributed by atoms with E-state index in [1.54, 1.807) is 30.2 Å². The average molecular weight is 354 g/mol. The summed E-state index contributed by atoms with van der Waals surface area (Å²) in [6.07, 6.45) is 0.432. The Morgan fingerprint density at radius 2 is 1.85 bits per heavy atom. The maximum Gasteiger partial charge on any atom is 0.251 e. The zero-order chi connectivity index (χ0) is 18.5. The third kappa shape index (κ3) is 3.79. The molecule has 6 nitrogen and oxygen atoms in total. The molecule has 2 aromatic rings. The van der Waals surface area contributed by atoms with E-state index in [-0.39, 0.29) is 17.7 Å². The van der Waals surface area contributed by atoms with E-state index in [1.807, 2.05) is 30.3 Å². The number of methoxy groups -OCH3 is 2. The highest BCUT2D eigenvalue weighted by atomic mass is 16.5. The van der Waals surface area contributed by atoms with Crippen LogP contribution in [-0.4, -0.2) is 39.1 Å². The molecular weight excluding hydrogens is 332 g/mol. The van der Waals surface area contributed by atoms with Crippen molar-refractivity contribution >= 4 is 17.5 Å². The zero-order valence-electron chi connectivity index (χ0n) is 14.9. The lowest BCUT2D eigenvalue weighted by Crippen LogP contribution is -2.31. The van der Waals surface area contributed by atoms with Crippen LogP contribution < -0.4 is 19.7 Å². The normalized spacial score (nSPS) is 16.5. The van der Waals surface area contributed by atoms with Crippen molar-refractivity contribution < 1.29 is 19.1 Å². The average Bonchev–Trinajstić information content (AvgIpc) is 3.06. The minimum atomic E-state index is -0.198. The molecule has 1 aliphatic rings. The van der Waals surface area contributed by atoms with Gasteiger partial charge in [-0.25, -0.2) is 0 Å². The summed E-state index contributed by atoms with van der Waals surface area (Å²) in [6, 6.07) is 14.6. The minimum Gasteiger partial charge on any atom is -0.493 e. The highest BCUT2D eigenvalue weighted by molar-refractivity contribution is 5.96. The van der Waals surface area contributed by atoms with Gasteiger partial charge in [-0.2, -0.15) is 0 Å². The molecule has 0 saturated carbocycles. The van der Waals surface area contributed by atoms with Crippen LogP contribution in [0.5, 0.6) is 11.5 Å². The third-order valence-corrected chi connectivity index (χ3v) is 4.47. The van der Waals surface area contributed by atoms with E-state index in [2.05, 4.69) is 5.32 Å². The fraction of sp³-hybridized carbons (Fsp3) is 0.300. The highest BCUT2D eigenvalue weighted by Gasteiger charge is 2.30. The Labute approximate surface area is 152 Å². The van der Waals surface area contributed by atoms with Crippen LogP contribution in [0.3, 0.4) is 0 Å². The van der Waals surface area contributed by atoms with Gasteiger partial charge in [-0.05, 0) is 30.3 Å². The summed E-state index contributed by atoms with van der Waals surface area (Å²) in [4.78, 5) is 26.4. The lowest BCUT2D eigenvalue weighted by Gasteiger charge is -2.17. The van der Waals surface area contributed by atoms with Gasteiger partial charge in [-0.1, -0.05) is 18.2 Å². The van der Waals surface area contributed by atoms with Crippen molar-refractivity contribution in [3.8, 4) is 11.5 Å². The van der Waals surface area contributed by atoms with Gasteiger partial charge in [0, 0.05) is 36.7 Å². The van der Waals surface area contributed by atoms with E-state index in [1.165, 1.54) is 7.11 Å². The fourth-order valence-corrected chi connectivity index (χ4v) is 3.09. The third-order valence-electron chi connectivity index (χ3n) is 4.47. The second-order valence-electron chi connectivity index (χ2n) is 6.19. The van der Waals surface area contributed by atoms with Crippen molar-refractivity contribution in [3.05, 3.63) is 54.1 Å². The van der Waals surface area contributed by atoms with E-state index in [0.29, 0.717) is 36.6 Å². The molecule has 0 spiro atoms. The number of nitrogens with zero attached hydrogens (tertiary/aromatic N) is 1. The number of anilines is 1. The van der Waals surface area contributed by atoms with E-state index >= 15 is 0 Å². The molecule has 6 heteroatoms. The van der Waals surface area contributed by atoms with Crippen LogP contribution in [0.15, 0.2) is 48.5 Å². The SMILES string of the molecule is COc1ccc(C(=O)NCC2CC(=O)N(c3ccccc3)C2)cc1OC. The first-order valence-electron chi connectivity index (χ1n) is 8.48. The van der Waals surface area contributed by atoms with Gasteiger partial charge in [0.25, 0.3) is 5.91 Å². The topological polar surface area (TPSA) is 67.9 Å². The molecular formula is C20H22N2O4. The summed E-state index contributed by atoms with van der Waals surface area (Å²) in [5.41, 5.74) is 1.39. The first-order chi connectivity index (χ1) is 12.6. The number of nitrogens with one attached hydrogen (secondary N) is 1. The molecule has 2 aromatic carbocycles. The molecule has 1 atom stereocenters. The maximum absolute atomic E-state index is 12.4. The number of hydrogen-bond donors (Lipinski definition) is 1. The lowest BCUT2D eigenvalue weighted by atomic mass is 10.1. The number of hydrogen-bond acceptors (Lipinski definition) is 4. The minimum absolute atomic E-state index is 0.0848. The summed E-state index contributed by atoms with van der Waals surface area (Å²) < 4.78 is 10.4.